The summed E-state index contributed by atoms with van der Waals surface area (Å²) in [5, 5.41) is 0. The zero-order valence-electron chi connectivity index (χ0n) is 9.81. The van der Waals surface area contributed by atoms with E-state index in [2.05, 4.69) is 23.9 Å². The number of hydrogen-bond donors (Lipinski definition) is 0. The molecule has 0 aromatic heterocycles. The molecule has 0 fully saturated rings. The van der Waals surface area contributed by atoms with Crippen molar-refractivity contribution in [2.45, 2.75) is 39.0 Å². The van der Waals surface area contributed by atoms with Crippen molar-refractivity contribution in [1.82, 2.24) is 4.90 Å². The van der Waals surface area contributed by atoms with E-state index in [4.69, 9.17) is 4.74 Å². The average molecular weight is 197 g/mol. The van der Waals surface area contributed by atoms with Gasteiger partial charge in [0.1, 0.15) is 12.7 Å². The van der Waals surface area contributed by atoms with E-state index in [1.54, 1.807) is 0 Å². The molecule has 0 radical (unpaired) electrons. The highest BCUT2D eigenvalue weighted by atomic mass is 16.5. The van der Waals surface area contributed by atoms with E-state index < -0.39 is 0 Å². The summed E-state index contributed by atoms with van der Waals surface area (Å²) in [4.78, 5) is 2.09. The highest BCUT2D eigenvalue weighted by Gasteiger charge is 1.87. The van der Waals surface area contributed by atoms with E-state index in [1.165, 1.54) is 25.7 Å². The number of unbranched alkanes of at least 4 members (excludes halogenated alkanes) is 4. The van der Waals surface area contributed by atoms with Crippen LogP contribution in [0.2, 0.25) is 0 Å². The third kappa shape index (κ3) is 11.3. The highest BCUT2D eigenvalue weighted by molar-refractivity contribution is 4.91. The average Bonchev–Trinajstić information content (AvgIpc) is 2.15. The SMILES string of the molecule is CCCCCCC#COCCN(C)C. The summed E-state index contributed by atoms with van der Waals surface area (Å²) in [6.07, 6.45) is 8.82. The van der Waals surface area contributed by atoms with Crippen LogP contribution in [0.5, 0.6) is 0 Å². The molecule has 14 heavy (non-hydrogen) atoms. The number of rotatable bonds is 7. The predicted octanol–water partition coefficient (Wildman–Crippen LogP) is 2.50. The Morgan fingerprint density at radius 2 is 1.93 bits per heavy atom. The molecule has 2 heteroatoms. The third-order valence-electron chi connectivity index (χ3n) is 1.94. The first-order valence-corrected chi connectivity index (χ1v) is 5.51. The van der Waals surface area contributed by atoms with Gasteiger partial charge in [-0.3, -0.25) is 0 Å². The number of hydrogen-bond acceptors (Lipinski definition) is 2. The van der Waals surface area contributed by atoms with Gasteiger partial charge in [0.2, 0.25) is 0 Å². The molecule has 0 aliphatic heterocycles. The minimum Gasteiger partial charge on any atom is -0.445 e. The van der Waals surface area contributed by atoms with Crippen LogP contribution in [-0.4, -0.2) is 32.1 Å². The van der Waals surface area contributed by atoms with Gasteiger partial charge in [-0.05, 0) is 20.5 Å². The normalized spacial score (nSPS) is 9.71. The van der Waals surface area contributed by atoms with Crippen molar-refractivity contribution in [2.24, 2.45) is 0 Å². The van der Waals surface area contributed by atoms with Crippen molar-refractivity contribution in [2.75, 3.05) is 27.2 Å². The van der Waals surface area contributed by atoms with Gasteiger partial charge in [-0.1, -0.05) is 32.1 Å². The molecule has 0 aromatic carbocycles. The molecule has 0 aliphatic carbocycles. The summed E-state index contributed by atoms with van der Waals surface area (Å²) in [5.74, 6) is 3.03. The number of ether oxygens (including phenoxy) is 1. The highest BCUT2D eigenvalue weighted by Crippen LogP contribution is 2.00. The molecule has 0 rings (SSSR count). The van der Waals surface area contributed by atoms with Crippen LogP contribution in [0, 0.1) is 12.0 Å². The van der Waals surface area contributed by atoms with Crippen molar-refractivity contribution in [3.05, 3.63) is 0 Å². The van der Waals surface area contributed by atoms with E-state index in [0.717, 1.165) is 13.0 Å². The molecule has 0 aromatic rings. The molecule has 0 spiro atoms. The Balaban J connectivity index is 3.10. The minimum atomic E-state index is 0.703. The molecule has 0 atom stereocenters. The summed E-state index contributed by atoms with van der Waals surface area (Å²) in [7, 11) is 4.06. The zero-order chi connectivity index (χ0) is 10.6. The molecule has 0 heterocycles. The monoisotopic (exact) mass is 197 g/mol. The first kappa shape index (κ1) is 13.3. The summed E-state index contributed by atoms with van der Waals surface area (Å²) >= 11 is 0. The lowest BCUT2D eigenvalue weighted by Crippen LogP contribution is -2.16. The van der Waals surface area contributed by atoms with Crippen LogP contribution < -0.4 is 0 Å². The van der Waals surface area contributed by atoms with Crippen molar-refractivity contribution in [1.29, 1.82) is 0 Å². The van der Waals surface area contributed by atoms with Crippen molar-refractivity contribution in [3.63, 3.8) is 0 Å². The molecule has 2 nitrogen and oxygen atoms in total. The van der Waals surface area contributed by atoms with Gasteiger partial charge >= 0.3 is 0 Å². The van der Waals surface area contributed by atoms with Crippen molar-refractivity contribution in [3.8, 4) is 12.0 Å². The molecule has 0 unspecified atom stereocenters. The molecular weight excluding hydrogens is 174 g/mol. The Kier molecular flexibility index (Phi) is 9.90. The van der Waals surface area contributed by atoms with Gasteiger partial charge in [0.15, 0.2) is 0 Å². The van der Waals surface area contributed by atoms with E-state index >= 15 is 0 Å². The van der Waals surface area contributed by atoms with Crippen molar-refractivity contribution < 1.29 is 4.74 Å². The van der Waals surface area contributed by atoms with Gasteiger partial charge in [0.25, 0.3) is 0 Å². The summed E-state index contributed by atoms with van der Waals surface area (Å²) < 4.78 is 5.15. The van der Waals surface area contributed by atoms with E-state index in [9.17, 15) is 0 Å². The van der Waals surface area contributed by atoms with Crippen LogP contribution in [0.3, 0.4) is 0 Å². The van der Waals surface area contributed by atoms with Gasteiger partial charge in [-0.2, -0.15) is 0 Å². The predicted molar refractivity (Wildman–Crippen MR) is 61.0 cm³/mol. The van der Waals surface area contributed by atoms with Crippen LogP contribution in [-0.2, 0) is 4.74 Å². The van der Waals surface area contributed by atoms with E-state index in [-0.39, 0.29) is 0 Å². The first-order chi connectivity index (χ1) is 6.77. The molecule has 0 saturated carbocycles. The second-order valence-electron chi connectivity index (χ2n) is 3.74. The Labute approximate surface area is 88.6 Å². The first-order valence-electron chi connectivity index (χ1n) is 5.51. The second-order valence-corrected chi connectivity index (χ2v) is 3.74. The maximum absolute atomic E-state index is 5.15. The lowest BCUT2D eigenvalue weighted by molar-refractivity contribution is 0.232. The van der Waals surface area contributed by atoms with Crippen LogP contribution in [0.1, 0.15) is 39.0 Å². The lowest BCUT2D eigenvalue weighted by Gasteiger charge is -2.06. The second kappa shape index (κ2) is 10.4. The van der Waals surface area contributed by atoms with Gasteiger partial charge in [-0.15, -0.1) is 0 Å². The van der Waals surface area contributed by atoms with E-state index in [1.807, 2.05) is 14.1 Å². The summed E-state index contributed by atoms with van der Waals surface area (Å²) in [6, 6.07) is 0. The maximum Gasteiger partial charge on any atom is 0.113 e. The Morgan fingerprint density at radius 3 is 2.57 bits per heavy atom. The molecular formula is C12H23NO. The zero-order valence-corrected chi connectivity index (χ0v) is 9.81. The molecule has 0 aliphatic rings. The molecule has 82 valence electrons. The van der Waals surface area contributed by atoms with Crippen LogP contribution in [0.15, 0.2) is 0 Å². The van der Waals surface area contributed by atoms with Gasteiger partial charge in [0.05, 0.1) is 0 Å². The Hall–Kier alpha value is -0.680. The summed E-state index contributed by atoms with van der Waals surface area (Å²) in [5.41, 5.74) is 0. The molecule has 0 bridgehead atoms. The third-order valence-corrected chi connectivity index (χ3v) is 1.94. The topological polar surface area (TPSA) is 12.5 Å². The fourth-order valence-corrected chi connectivity index (χ4v) is 1.02. The Morgan fingerprint density at radius 1 is 1.14 bits per heavy atom. The standard InChI is InChI=1S/C12H23NO/c1-4-5-6-7-8-9-11-14-12-10-13(2)3/h4-8,10,12H2,1-3H3. The van der Waals surface area contributed by atoms with Gasteiger partial charge in [-0.25, -0.2) is 0 Å². The maximum atomic E-state index is 5.15. The molecule has 0 saturated heterocycles. The van der Waals surface area contributed by atoms with Gasteiger partial charge < -0.3 is 9.64 Å². The van der Waals surface area contributed by atoms with Crippen molar-refractivity contribution >= 4 is 0 Å². The van der Waals surface area contributed by atoms with Crippen LogP contribution in [0.25, 0.3) is 0 Å². The Bertz CT molecular complexity index is 167. The lowest BCUT2D eigenvalue weighted by atomic mass is 10.2. The summed E-state index contributed by atoms with van der Waals surface area (Å²) in [6.45, 7) is 3.86. The molecule has 0 amide bonds. The quantitative estimate of drug-likeness (QED) is 0.459. The number of likely N-dealkylation sites (N-methyl/N-ethyl adjacent to an activating group) is 1. The smallest absolute Gasteiger partial charge is 0.113 e. The number of nitrogens with zero attached hydrogens (tertiary/aromatic N) is 1. The van der Waals surface area contributed by atoms with E-state index in [0.29, 0.717) is 6.61 Å². The van der Waals surface area contributed by atoms with Gasteiger partial charge in [0, 0.05) is 13.0 Å². The van der Waals surface area contributed by atoms with Crippen LogP contribution in [0.4, 0.5) is 0 Å². The molecule has 0 N–H and O–H groups in total. The van der Waals surface area contributed by atoms with Crippen LogP contribution >= 0.6 is 0 Å². The fourth-order valence-electron chi connectivity index (χ4n) is 1.02. The fraction of sp³-hybridized carbons (Fsp3) is 0.833. The largest absolute Gasteiger partial charge is 0.445 e. The minimum absolute atomic E-state index is 0.703.